The second kappa shape index (κ2) is 9.03. The van der Waals surface area contributed by atoms with Crippen LogP contribution in [0.25, 0.3) is 11.3 Å². The number of carbonyl (C=O) groups is 1. The van der Waals surface area contributed by atoms with Gasteiger partial charge in [0.1, 0.15) is 29.7 Å². The molecule has 1 fully saturated rings. The molecular formula is C22H19ClF2N2O4. The molecule has 0 unspecified atom stereocenters. The molecule has 2 N–H and O–H groups in total. The van der Waals surface area contributed by atoms with E-state index in [0.29, 0.717) is 18.1 Å². The fourth-order valence-electron chi connectivity index (χ4n) is 3.74. The molecule has 4 rings (SSSR count). The zero-order chi connectivity index (χ0) is 22.0. The number of hydrogen-bond donors (Lipinski definition) is 2. The summed E-state index contributed by atoms with van der Waals surface area (Å²) in [6.45, 7) is 1.24. The average Bonchev–Trinajstić information content (AvgIpc) is 3.24. The Morgan fingerprint density at radius 3 is 2.71 bits per heavy atom. The molecule has 0 amide bonds. The van der Waals surface area contributed by atoms with E-state index >= 15 is 0 Å². The van der Waals surface area contributed by atoms with Crippen molar-refractivity contribution in [3.63, 3.8) is 0 Å². The fourth-order valence-corrected chi connectivity index (χ4v) is 3.99. The van der Waals surface area contributed by atoms with Gasteiger partial charge in [-0.3, -0.25) is 4.79 Å². The van der Waals surface area contributed by atoms with Crippen LogP contribution in [-0.4, -0.2) is 29.3 Å². The van der Waals surface area contributed by atoms with Gasteiger partial charge < -0.3 is 19.7 Å². The van der Waals surface area contributed by atoms with Crippen molar-refractivity contribution >= 4 is 17.6 Å². The quantitative estimate of drug-likeness (QED) is 0.535. The Morgan fingerprint density at radius 1 is 1.23 bits per heavy atom. The van der Waals surface area contributed by atoms with Gasteiger partial charge in [-0.05, 0) is 48.7 Å². The molecule has 0 spiro atoms. The van der Waals surface area contributed by atoms with Crippen LogP contribution in [0, 0.1) is 17.6 Å². The Balaban J connectivity index is 1.43. The van der Waals surface area contributed by atoms with Gasteiger partial charge in [-0.1, -0.05) is 28.9 Å². The van der Waals surface area contributed by atoms with E-state index in [0.717, 1.165) is 30.7 Å². The van der Waals surface area contributed by atoms with Crippen molar-refractivity contribution in [1.29, 1.82) is 0 Å². The van der Waals surface area contributed by atoms with Crippen molar-refractivity contribution in [3.05, 3.63) is 70.4 Å². The third-order valence-electron chi connectivity index (χ3n) is 5.35. The normalized spacial score (nSPS) is 18.7. The highest BCUT2D eigenvalue weighted by molar-refractivity contribution is 6.33. The molecule has 0 radical (unpaired) electrons. The van der Waals surface area contributed by atoms with Crippen LogP contribution in [0.5, 0.6) is 5.75 Å². The van der Waals surface area contributed by atoms with Crippen molar-refractivity contribution in [2.75, 3.05) is 13.1 Å². The molecule has 2 aromatic carbocycles. The van der Waals surface area contributed by atoms with Crippen LogP contribution in [-0.2, 0) is 11.4 Å². The molecule has 6 nitrogen and oxygen atoms in total. The van der Waals surface area contributed by atoms with E-state index in [4.69, 9.17) is 20.9 Å². The number of carboxylic acids is 1. The molecule has 31 heavy (non-hydrogen) atoms. The van der Waals surface area contributed by atoms with Crippen molar-refractivity contribution < 1.29 is 27.9 Å². The summed E-state index contributed by atoms with van der Waals surface area (Å²) in [7, 11) is 0. The van der Waals surface area contributed by atoms with E-state index < -0.39 is 23.5 Å². The Hall–Kier alpha value is -2.97. The Kier molecular flexibility index (Phi) is 6.20. The van der Waals surface area contributed by atoms with Crippen LogP contribution in [0.2, 0.25) is 5.02 Å². The summed E-state index contributed by atoms with van der Waals surface area (Å²) in [5.41, 5.74) is 0.844. The zero-order valence-corrected chi connectivity index (χ0v) is 17.0. The standard InChI is InChI=1S/C22H19ClF2N2O4/c23-21-18(25)6-5-17(24)20(21)19-9-14(31-27-19)11-30-13-3-1-12(2-4-13)15-7-8-26-10-16(15)22(28)29/h1-6,9,15-16,26H,7-8,10-11H2,(H,28,29)/t15-,16+/m1/s1. The van der Waals surface area contributed by atoms with Gasteiger partial charge in [-0.2, -0.15) is 0 Å². The zero-order valence-electron chi connectivity index (χ0n) is 16.3. The van der Waals surface area contributed by atoms with Gasteiger partial charge in [-0.25, -0.2) is 8.78 Å². The lowest BCUT2D eigenvalue weighted by atomic mass is 9.81. The first-order valence-corrected chi connectivity index (χ1v) is 10.1. The van der Waals surface area contributed by atoms with Crippen molar-refractivity contribution in [3.8, 4) is 17.0 Å². The van der Waals surface area contributed by atoms with E-state index in [9.17, 15) is 18.7 Å². The number of nitrogens with one attached hydrogen (secondary N) is 1. The van der Waals surface area contributed by atoms with Crippen LogP contribution in [0.3, 0.4) is 0 Å². The average molecular weight is 449 g/mol. The number of aliphatic carboxylic acids is 1. The van der Waals surface area contributed by atoms with Crippen molar-refractivity contribution in [2.45, 2.75) is 18.9 Å². The Morgan fingerprint density at radius 2 is 1.97 bits per heavy atom. The van der Waals surface area contributed by atoms with Crippen molar-refractivity contribution in [1.82, 2.24) is 10.5 Å². The number of rotatable bonds is 6. The molecular weight excluding hydrogens is 430 g/mol. The smallest absolute Gasteiger partial charge is 0.308 e. The highest BCUT2D eigenvalue weighted by Crippen LogP contribution is 2.33. The fraction of sp³-hybridized carbons (Fsp3) is 0.273. The van der Waals surface area contributed by atoms with E-state index in [2.05, 4.69) is 10.5 Å². The van der Waals surface area contributed by atoms with Gasteiger partial charge in [0, 0.05) is 12.6 Å². The number of piperidine rings is 1. The van der Waals surface area contributed by atoms with Crippen LogP contribution in [0.1, 0.15) is 23.7 Å². The molecule has 1 aromatic heterocycles. The van der Waals surface area contributed by atoms with Gasteiger partial charge in [-0.15, -0.1) is 0 Å². The van der Waals surface area contributed by atoms with E-state index in [1.807, 2.05) is 12.1 Å². The molecule has 2 atom stereocenters. The molecule has 1 aliphatic heterocycles. The molecule has 1 aliphatic rings. The topological polar surface area (TPSA) is 84.6 Å². The summed E-state index contributed by atoms with van der Waals surface area (Å²) in [5, 5.41) is 15.9. The largest absolute Gasteiger partial charge is 0.486 e. The maximum atomic E-state index is 14.0. The van der Waals surface area contributed by atoms with Gasteiger partial charge in [0.25, 0.3) is 0 Å². The maximum Gasteiger partial charge on any atom is 0.308 e. The second-order valence-electron chi connectivity index (χ2n) is 7.30. The molecule has 162 valence electrons. The van der Waals surface area contributed by atoms with Crippen LogP contribution in [0.15, 0.2) is 47.0 Å². The van der Waals surface area contributed by atoms with Gasteiger partial charge in [0.05, 0.1) is 16.5 Å². The number of ether oxygens (including phenoxy) is 1. The van der Waals surface area contributed by atoms with Gasteiger partial charge >= 0.3 is 5.97 Å². The Bertz CT molecular complexity index is 1090. The predicted octanol–water partition coefficient (Wildman–Crippen LogP) is 4.63. The lowest BCUT2D eigenvalue weighted by Crippen LogP contribution is -2.39. The SMILES string of the molecule is O=C(O)[C@H]1CNCC[C@@H]1c1ccc(OCc2cc(-c3c(F)ccc(F)c3Cl)no2)cc1. The molecule has 3 aromatic rings. The summed E-state index contributed by atoms with van der Waals surface area (Å²) in [4.78, 5) is 11.5. The first-order chi connectivity index (χ1) is 14.9. The highest BCUT2D eigenvalue weighted by Gasteiger charge is 2.31. The summed E-state index contributed by atoms with van der Waals surface area (Å²) in [5.74, 6) is -1.94. The number of nitrogens with zero attached hydrogens (tertiary/aromatic N) is 1. The minimum Gasteiger partial charge on any atom is -0.486 e. The van der Waals surface area contributed by atoms with E-state index in [1.54, 1.807) is 12.1 Å². The van der Waals surface area contributed by atoms with Crippen LogP contribution < -0.4 is 10.1 Å². The minimum atomic E-state index is -0.812. The monoisotopic (exact) mass is 448 g/mol. The molecule has 1 saturated heterocycles. The molecule has 0 aliphatic carbocycles. The molecule has 9 heteroatoms. The number of benzene rings is 2. The summed E-state index contributed by atoms with van der Waals surface area (Å²) >= 11 is 5.86. The number of hydrogen-bond acceptors (Lipinski definition) is 5. The lowest BCUT2D eigenvalue weighted by Gasteiger charge is -2.29. The van der Waals surface area contributed by atoms with E-state index in [-0.39, 0.29) is 28.8 Å². The second-order valence-corrected chi connectivity index (χ2v) is 7.68. The number of halogens is 3. The van der Waals surface area contributed by atoms with E-state index in [1.165, 1.54) is 6.07 Å². The Labute approximate surface area is 181 Å². The minimum absolute atomic E-state index is 0.0198. The number of aromatic nitrogens is 1. The summed E-state index contributed by atoms with van der Waals surface area (Å²) < 4.78 is 38.5. The predicted molar refractivity (Wildman–Crippen MR) is 109 cm³/mol. The molecule has 2 heterocycles. The van der Waals surface area contributed by atoms with Crippen LogP contribution in [0.4, 0.5) is 8.78 Å². The first kappa shape index (κ1) is 21.3. The third kappa shape index (κ3) is 4.55. The molecule has 0 bridgehead atoms. The van der Waals surface area contributed by atoms with Crippen molar-refractivity contribution in [2.24, 2.45) is 5.92 Å². The molecule has 0 saturated carbocycles. The maximum absolute atomic E-state index is 14.0. The number of carboxylic acid groups (broad SMARTS) is 1. The summed E-state index contributed by atoms with van der Waals surface area (Å²) in [6.07, 6.45) is 0.747. The van der Waals surface area contributed by atoms with Crippen LogP contribution >= 0.6 is 11.6 Å². The first-order valence-electron chi connectivity index (χ1n) is 9.70. The lowest BCUT2D eigenvalue weighted by molar-refractivity contribution is -0.142. The summed E-state index contributed by atoms with van der Waals surface area (Å²) in [6, 6.07) is 10.6. The third-order valence-corrected chi connectivity index (χ3v) is 5.72. The van der Waals surface area contributed by atoms with Gasteiger partial charge in [0.2, 0.25) is 0 Å². The van der Waals surface area contributed by atoms with Gasteiger partial charge in [0.15, 0.2) is 5.76 Å². The highest BCUT2D eigenvalue weighted by atomic mass is 35.5.